The number of primary amides is 1. The maximum absolute atomic E-state index is 14.5. The maximum atomic E-state index is 14.5. The van der Waals surface area contributed by atoms with Gasteiger partial charge in [-0.1, -0.05) is 52.9 Å². The van der Waals surface area contributed by atoms with Crippen LogP contribution in [0, 0.1) is 35.0 Å². The van der Waals surface area contributed by atoms with Crippen molar-refractivity contribution >= 4 is 39.4 Å². The summed E-state index contributed by atoms with van der Waals surface area (Å²) in [6.07, 6.45) is 13.1. The van der Waals surface area contributed by atoms with Gasteiger partial charge in [0.25, 0.3) is 5.91 Å². The van der Waals surface area contributed by atoms with Crippen molar-refractivity contribution in [2.75, 3.05) is 12.3 Å². The molecule has 1 saturated heterocycles. The number of nitrogens with zero attached hydrogens (tertiary/aromatic N) is 1. The first-order valence-electron chi connectivity index (χ1n) is 17.4. The van der Waals surface area contributed by atoms with E-state index in [-0.39, 0.29) is 35.8 Å². The standard InChI is InChI=1S/C35H55N5O7S/c1-8-9-15-23(26(41)28(36)42)37-29(43)25-24-22(35(24)18-13-14-19-35)20-40(25)30(44)27(32(2,3)4)38-31(45)39-34(16-11-10-12-17-34)21-48(46,47)33(5,6)7/h1,22-25,27H,9-21H2,2-7H3,(H2,36,42)(H,37,43)(H2,38,39,45)/t22?,23?,24-,25-,27+/m0/s1. The fourth-order valence-corrected chi connectivity index (χ4v) is 10.0. The Morgan fingerprint density at radius 3 is 2.04 bits per heavy atom. The Hall–Kier alpha value is -3.14. The van der Waals surface area contributed by atoms with Gasteiger partial charge in [0, 0.05) is 13.0 Å². The summed E-state index contributed by atoms with van der Waals surface area (Å²) in [6, 6.07) is -3.79. The molecule has 0 radical (unpaired) electrons. The molecule has 4 aliphatic rings. The first-order valence-corrected chi connectivity index (χ1v) is 19.0. The Labute approximate surface area is 285 Å². The summed E-state index contributed by atoms with van der Waals surface area (Å²) in [4.78, 5) is 68.2. The van der Waals surface area contributed by atoms with E-state index in [9.17, 15) is 32.4 Å². The maximum Gasteiger partial charge on any atom is 0.315 e. The molecule has 12 nitrogen and oxygen atoms in total. The van der Waals surface area contributed by atoms with Crippen LogP contribution in [0.2, 0.25) is 0 Å². The van der Waals surface area contributed by atoms with Crippen molar-refractivity contribution in [3.63, 3.8) is 0 Å². The first kappa shape index (κ1) is 37.7. The van der Waals surface area contributed by atoms with Gasteiger partial charge in [0.2, 0.25) is 17.6 Å². The van der Waals surface area contributed by atoms with E-state index in [0.29, 0.717) is 19.4 Å². The second-order valence-corrected chi connectivity index (χ2v) is 19.4. The van der Waals surface area contributed by atoms with Crippen LogP contribution in [-0.4, -0.2) is 83.6 Å². The second-order valence-electron chi connectivity index (χ2n) is 16.7. The third-order valence-corrected chi connectivity index (χ3v) is 14.1. The second kappa shape index (κ2) is 13.6. The van der Waals surface area contributed by atoms with Crippen LogP contribution in [0.15, 0.2) is 0 Å². The van der Waals surface area contributed by atoms with Crippen molar-refractivity contribution in [1.82, 2.24) is 20.9 Å². The molecule has 1 heterocycles. The number of Topliss-reactive ketones (excluding diaryl/α,β-unsaturated/α-hetero) is 1. The molecular weight excluding hydrogens is 634 g/mol. The minimum atomic E-state index is -3.57. The Morgan fingerprint density at radius 2 is 1.52 bits per heavy atom. The van der Waals surface area contributed by atoms with E-state index in [1.54, 1.807) is 20.8 Å². The highest BCUT2D eigenvalue weighted by molar-refractivity contribution is 7.92. The molecule has 4 fully saturated rings. The number of urea groups is 1. The lowest BCUT2D eigenvalue weighted by molar-refractivity contribution is -0.145. The summed E-state index contributed by atoms with van der Waals surface area (Å²) >= 11 is 0. The minimum Gasteiger partial charge on any atom is -0.363 e. The van der Waals surface area contributed by atoms with E-state index in [1.807, 2.05) is 20.8 Å². The molecule has 13 heteroatoms. The smallest absolute Gasteiger partial charge is 0.315 e. The van der Waals surface area contributed by atoms with E-state index in [0.717, 1.165) is 44.9 Å². The highest BCUT2D eigenvalue weighted by Gasteiger charge is 2.74. The van der Waals surface area contributed by atoms with Gasteiger partial charge < -0.3 is 26.6 Å². The fraction of sp³-hybridized carbons (Fsp3) is 0.800. The van der Waals surface area contributed by atoms with Gasteiger partial charge in [-0.3, -0.25) is 19.2 Å². The van der Waals surface area contributed by atoms with Crippen molar-refractivity contribution in [2.24, 2.45) is 28.4 Å². The molecule has 0 aromatic rings. The minimum absolute atomic E-state index is 0.0307. The van der Waals surface area contributed by atoms with E-state index < -0.39 is 73.2 Å². The largest absolute Gasteiger partial charge is 0.363 e. The number of hydrogen-bond acceptors (Lipinski definition) is 7. The number of carbonyl (C=O) groups is 5. The van der Waals surface area contributed by atoms with Crippen molar-refractivity contribution in [3.8, 4) is 12.3 Å². The zero-order chi connectivity index (χ0) is 35.9. The number of fused-ring (bicyclic) bond motifs is 3. The fourth-order valence-electron chi connectivity index (χ4n) is 8.49. The third kappa shape index (κ3) is 7.53. The predicted molar refractivity (Wildman–Crippen MR) is 182 cm³/mol. The summed E-state index contributed by atoms with van der Waals surface area (Å²) < 4.78 is 25.6. The molecule has 5 atom stereocenters. The Bertz CT molecular complexity index is 1440. The number of sulfone groups is 1. The van der Waals surface area contributed by atoms with Gasteiger partial charge in [-0.25, -0.2) is 13.2 Å². The molecule has 5 N–H and O–H groups in total. The van der Waals surface area contributed by atoms with Crippen molar-refractivity contribution in [3.05, 3.63) is 0 Å². The van der Waals surface area contributed by atoms with Crippen LogP contribution in [-0.2, 0) is 29.0 Å². The predicted octanol–water partition coefficient (Wildman–Crippen LogP) is 2.59. The number of carbonyl (C=O) groups excluding carboxylic acids is 5. The Balaban J connectivity index is 1.59. The third-order valence-electron chi connectivity index (χ3n) is 11.3. The number of likely N-dealkylation sites (tertiary alicyclic amines) is 1. The van der Waals surface area contributed by atoms with Crippen molar-refractivity contribution < 1.29 is 32.4 Å². The topological polar surface area (TPSA) is 185 Å². The molecule has 2 unspecified atom stereocenters. The molecule has 48 heavy (non-hydrogen) atoms. The van der Waals surface area contributed by atoms with Gasteiger partial charge in [-0.2, -0.15) is 0 Å². The molecule has 0 bridgehead atoms. The number of ketones is 1. The van der Waals surface area contributed by atoms with Crippen LogP contribution in [0.3, 0.4) is 0 Å². The van der Waals surface area contributed by atoms with Gasteiger partial charge in [-0.15, -0.1) is 12.3 Å². The van der Waals surface area contributed by atoms with Crippen LogP contribution >= 0.6 is 0 Å². The molecule has 1 spiro atoms. The van der Waals surface area contributed by atoms with Crippen LogP contribution in [0.5, 0.6) is 0 Å². The average Bonchev–Trinajstić information content (AvgIpc) is 3.29. The highest BCUT2D eigenvalue weighted by atomic mass is 32.2. The van der Waals surface area contributed by atoms with E-state index in [4.69, 9.17) is 12.2 Å². The van der Waals surface area contributed by atoms with Gasteiger partial charge in [0.15, 0.2) is 9.84 Å². The van der Waals surface area contributed by atoms with Crippen molar-refractivity contribution in [1.29, 1.82) is 0 Å². The number of nitrogens with one attached hydrogen (secondary N) is 3. The average molecular weight is 690 g/mol. The molecule has 268 valence electrons. The van der Waals surface area contributed by atoms with Crippen LogP contribution in [0.25, 0.3) is 0 Å². The monoisotopic (exact) mass is 689 g/mol. The number of amides is 5. The molecule has 3 aliphatic carbocycles. The lowest BCUT2D eigenvalue weighted by Crippen LogP contribution is -2.64. The summed E-state index contributed by atoms with van der Waals surface area (Å²) in [5, 5.41) is 8.57. The number of rotatable bonds is 11. The number of piperidine rings is 1. The quantitative estimate of drug-likeness (QED) is 0.190. The van der Waals surface area contributed by atoms with Crippen molar-refractivity contribution in [2.45, 2.75) is 141 Å². The van der Waals surface area contributed by atoms with Gasteiger partial charge in [0.05, 0.1) is 22.1 Å². The zero-order valence-corrected chi connectivity index (χ0v) is 30.3. The lowest BCUT2D eigenvalue weighted by Gasteiger charge is -2.41. The van der Waals surface area contributed by atoms with E-state index in [1.165, 1.54) is 4.90 Å². The summed E-state index contributed by atoms with van der Waals surface area (Å²) in [6.45, 7) is 10.8. The molecule has 0 aromatic carbocycles. The first-order chi connectivity index (χ1) is 22.2. The molecule has 0 aromatic heterocycles. The van der Waals surface area contributed by atoms with E-state index >= 15 is 0 Å². The number of nitrogens with two attached hydrogens (primary N) is 1. The van der Waals surface area contributed by atoms with Gasteiger partial charge >= 0.3 is 6.03 Å². The molecule has 1 aliphatic heterocycles. The van der Waals surface area contributed by atoms with Gasteiger partial charge in [0.1, 0.15) is 12.1 Å². The van der Waals surface area contributed by atoms with Crippen LogP contribution < -0.4 is 21.7 Å². The molecule has 5 amide bonds. The normalized spacial score (nSPS) is 25.7. The van der Waals surface area contributed by atoms with Crippen LogP contribution in [0.4, 0.5) is 4.79 Å². The zero-order valence-electron chi connectivity index (χ0n) is 29.4. The molecular formula is C35H55N5O7S. The van der Waals surface area contributed by atoms with Crippen LogP contribution in [0.1, 0.15) is 112 Å². The van der Waals surface area contributed by atoms with Gasteiger partial charge in [-0.05, 0) is 75.5 Å². The highest BCUT2D eigenvalue weighted by Crippen LogP contribution is 2.72. The summed E-state index contributed by atoms with van der Waals surface area (Å²) in [5.74, 6) is -0.877. The number of hydrogen-bond donors (Lipinski definition) is 4. The Morgan fingerprint density at radius 1 is 0.938 bits per heavy atom. The summed E-state index contributed by atoms with van der Waals surface area (Å²) in [7, 11) is -3.57. The van der Waals surface area contributed by atoms with E-state index in [2.05, 4.69) is 21.9 Å². The lowest BCUT2D eigenvalue weighted by atomic mass is 9.83. The summed E-state index contributed by atoms with van der Waals surface area (Å²) in [5.41, 5.74) is 3.48. The molecule has 3 saturated carbocycles. The molecule has 4 rings (SSSR count). The Kier molecular flexibility index (Phi) is 10.7. The SMILES string of the molecule is C#CCCC(NC(=O)[C@@H]1[C@@H]2C(CN1C(=O)[C@@H](NC(=O)NC1(CS(=O)(=O)C(C)(C)C)CCCCC1)C(C)(C)C)C21CCCC1)C(=O)C(N)=O. The number of terminal acetylenes is 1.